The molecule has 27 heavy (non-hydrogen) atoms. The van der Waals surface area contributed by atoms with E-state index in [1.165, 1.54) is 0 Å². The Morgan fingerprint density at radius 3 is 2.63 bits per heavy atom. The third-order valence-electron chi connectivity index (χ3n) is 4.72. The topological polar surface area (TPSA) is 59.2 Å². The summed E-state index contributed by atoms with van der Waals surface area (Å²) in [5, 5.41) is 1.06. The zero-order valence-electron chi connectivity index (χ0n) is 14.4. The van der Waals surface area contributed by atoms with Gasteiger partial charge in [-0.25, -0.2) is 4.79 Å². The summed E-state index contributed by atoms with van der Waals surface area (Å²) in [4.78, 5) is 28.5. The summed E-state index contributed by atoms with van der Waals surface area (Å²) in [7, 11) is 0. The third-order valence-corrected chi connectivity index (χ3v) is 5.30. The number of aromatic nitrogens is 1. The number of rotatable bonds is 3. The van der Waals surface area contributed by atoms with Crippen LogP contribution in [0.4, 0.5) is 0 Å². The molecular formula is C21H15Cl2NO3. The first kappa shape index (κ1) is 17.8. The lowest BCUT2D eigenvalue weighted by atomic mass is 9.75. The standard InChI is InChI=1S/C21H15Cl2NO3/c1-2-27-21(26)19-18-15(10-24-19)20(25)12-8-7-11(22)9-14(12)17(18)13-5-3-4-6-16(13)23/h3-10,17,24H,2H2,1H3. The van der Waals surface area contributed by atoms with Crippen LogP contribution in [0.5, 0.6) is 0 Å². The maximum atomic E-state index is 13.0. The predicted molar refractivity (Wildman–Crippen MR) is 104 cm³/mol. The highest BCUT2D eigenvalue weighted by molar-refractivity contribution is 6.32. The molecule has 0 bridgehead atoms. The van der Waals surface area contributed by atoms with E-state index < -0.39 is 11.9 Å². The minimum Gasteiger partial charge on any atom is -0.461 e. The number of nitrogens with one attached hydrogen (secondary N) is 1. The van der Waals surface area contributed by atoms with E-state index in [2.05, 4.69) is 4.98 Å². The molecule has 0 aliphatic heterocycles. The molecule has 1 aliphatic rings. The predicted octanol–water partition coefficient (Wildman–Crippen LogP) is 5.22. The summed E-state index contributed by atoms with van der Waals surface area (Å²) in [5.74, 6) is -1.08. The van der Waals surface area contributed by atoms with E-state index in [1.807, 2.05) is 18.2 Å². The highest BCUT2D eigenvalue weighted by atomic mass is 35.5. The van der Waals surface area contributed by atoms with Gasteiger partial charge in [-0.1, -0.05) is 41.4 Å². The molecule has 1 aliphatic carbocycles. The summed E-state index contributed by atoms with van der Waals surface area (Å²) in [5.41, 5.74) is 3.33. The van der Waals surface area contributed by atoms with Crippen LogP contribution in [0.15, 0.2) is 48.7 Å². The molecule has 0 saturated heterocycles. The monoisotopic (exact) mass is 399 g/mol. The Labute approximate surface area is 166 Å². The lowest BCUT2D eigenvalue weighted by Gasteiger charge is -2.27. The summed E-state index contributed by atoms with van der Waals surface area (Å²) >= 11 is 12.7. The number of ketones is 1. The molecule has 6 heteroatoms. The first-order valence-electron chi connectivity index (χ1n) is 8.49. The van der Waals surface area contributed by atoms with Gasteiger partial charge in [0.05, 0.1) is 6.61 Å². The van der Waals surface area contributed by atoms with Gasteiger partial charge in [-0.05, 0) is 42.3 Å². The summed E-state index contributed by atoms with van der Waals surface area (Å²) in [6, 6.07) is 12.5. The van der Waals surface area contributed by atoms with Crippen molar-refractivity contribution >= 4 is 35.0 Å². The van der Waals surface area contributed by atoms with Crippen molar-refractivity contribution in [3.05, 3.63) is 92.2 Å². The molecule has 1 atom stereocenters. The van der Waals surface area contributed by atoms with E-state index in [9.17, 15) is 9.59 Å². The highest BCUT2D eigenvalue weighted by Crippen LogP contribution is 2.45. The van der Waals surface area contributed by atoms with Crippen LogP contribution >= 0.6 is 23.2 Å². The van der Waals surface area contributed by atoms with Gasteiger partial charge in [0.1, 0.15) is 5.69 Å². The molecule has 4 nitrogen and oxygen atoms in total. The Balaban J connectivity index is 2.03. The summed E-state index contributed by atoms with van der Waals surface area (Å²) in [6.45, 7) is 1.97. The molecule has 1 aromatic heterocycles. The fourth-order valence-corrected chi connectivity index (χ4v) is 4.03. The SMILES string of the molecule is CCOC(=O)c1[nH]cc2c1C(c1ccccc1Cl)c1cc(Cl)ccc1C2=O. The number of ether oxygens (including phenoxy) is 1. The molecule has 0 saturated carbocycles. The smallest absolute Gasteiger partial charge is 0.355 e. The van der Waals surface area contributed by atoms with Crippen molar-refractivity contribution in [2.75, 3.05) is 6.61 Å². The van der Waals surface area contributed by atoms with E-state index in [0.717, 1.165) is 11.1 Å². The first-order chi connectivity index (χ1) is 13.0. The second kappa shape index (κ2) is 6.87. The van der Waals surface area contributed by atoms with Gasteiger partial charge < -0.3 is 9.72 Å². The van der Waals surface area contributed by atoms with Crippen LogP contribution in [-0.4, -0.2) is 23.3 Å². The maximum absolute atomic E-state index is 13.0. The summed E-state index contributed by atoms with van der Waals surface area (Å²) < 4.78 is 5.17. The molecule has 0 spiro atoms. The van der Waals surface area contributed by atoms with Crippen molar-refractivity contribution in [2.45, 2.75) is 12.8 Å². The summed E-state index contributed by atoms with van der Waals surface area (Å²) in [6.07, 6.45) is 1.56. The molecule has 3 aromatic rings. The minimum absolute atomic E-state index is 0.160. The number of carbonyl (C=O) groups is 2. The highest BCUT2D eigenvalue weighted by Gasteiger charge is 2.38. The zero-order valence-corrected chi connectivity index (χ0v) is 15.9. The largest absolute Gasteiger partial charge is 0.461 e. The minimum atomic E-state index is -0.505. The van der Waals surface area contributed by atoms with Gasteiger partial charge in [0, 0.05) is 38.9 Å². The zero-order chi connectivity index (χ0) is 19.1. The Morgan fingerprint density at radius 2 is 1.89 bits per heavy atom. The molecule has 0 fully saturated rings. The Kier molecular flexibility index (Phi) is 4.54. The van der Waals surface area contributed by atoms with Crippen LogP contribution in [0.2, 0.25) is 10.0 Å². The van der Waals surface area contributed by atoms with E-state index in [0.29, 0.717) is 26.7 Å². The molecule has 4 rings (SSSR count). The van der Waals surface area contributed by atoms with E-state index in [-0.39, 0.29) is 18.1 Å². The molecule has 2 aromatic carbocycles. The second-order valence-corrected chi connectivity index (χ2v) is 7.07. The molecule has 136 valence electrons. The number of fused-ring (bicyclic) bond motifs is 2. The molecule has 1 unspecified atom stereocenters. The van der Waals surface area contributed by atoms with Crippen molar-refractivity contribution in [3.63, 3.8) is 0 Å². The van der Waals surface area contributed by atoms with Crippen molar-refractivity contribution in [1.29, 1.82) is 0 Å². The van der Waals surface area contributed by atoms with Gasteiger partial charge in [0.2, 0.25) is 0 Å². The van der Waals surface area contributed by atoms with Crippen molar-refractivity contribution in [2.24, 2.45) is 0 Å². The fourth-order valence-electron chi connectivity index (χ4n) is 3.61. The number of esters is 1. The Bertz CT molecular complexity index is 1070. The molecule has 0 radical (unpaired) electrons. The van der Waals surface area contributed by atoms with Gasteiger partial charge in [-0.15, -0.1) is 0 Å². The molecule has 1 N–H and O–H groups in total. The van der Waals surface area contributed by atoms with Crippen LogP contribution < -0.4 is 0 Å². The van der Waals surface area contributed by atoms with Crippen molar-refractivity contribution < 1.29 is 14.3 Å². The second-order valence-electron chi connectivity index (χ2n) is 6.23. The average molecular weight is 400 g/mol. The number of halogens is 2. The van der Waals surface area contributed by atoms with Crippen LogP contribution in [0, 0.1) is 0 Å². The van der Waals surface area contributed by atoms with Gasteiger partial charge in [-0.2, -0.15) is 0 Å². The van der Waals surface area contributed by atoms with Crippen LogP contribution in [-0.2, 0) is 4.74 Å². The van der Waals surface area contributed by atoms with Gasteiger partial charge in [0.15, 0.2) is 5.78 Å². The van der Waals surface area contributed by atoms with Gasteiger partial charge in [-0.3, -0.25) is 4.79 Å². The quantitative estimate of drug-likeness (QED) is 0.480. The van der Waals surface area contributed by atoms with Gasteiger partial charge in [0.25, 0.3) is 0 Å². The number of carbonyl (C=O) groups excluding carboxylic acids is 2. The van der Waals surface area contributed by atoms with E-state index in [4.69, 9.17) is 27.9 Å². The lowest BCUT2D eigenvalue weighted by Crippen LogP contribution is -2.22. The average Bonchev–Trinajstić information content (AvgIpc) is 3.08. The van der Waals surface area contributed by atoms with Gasteiger partial charge >= 0.3 is 5.97 Å². The molecule has 1 heterocycles. The third kappa shape index (κ3) is 2.85. The van der Waals surface area contributed by atoms with Crippen LogP contribution in [0.3, 0.4) is 0 Å². The van der Waals surface area contributed by atoms with E-state index >= 15 is 0 Å². The van der Waals surface area contributed by atoms with Crippen LogP contribution in [0.1, 0.15) is 55.9 Å². The number of hydrogen-bond acceptors (Lipinski definition) is 3. The molecular weight excluding hydrogens is 385 g/mol. The lowest BCUT2D eigenvalue weighted by molar-refractivity contribution is 0.0519. The number of benzene rings is 2. The molecule has 0 amide bonds. The normalized spacial score (nSPS) is 15.2. The van der Waals surface area contributed by atoms with Crippen LogP contribution in [0.25, 0.3) is 0 Å². The van der Waals surface area contributed by atoms with Crippen molar-refractivity contribution in [1.82, 2.24) is 4.98 Å². The maximum Gasteiger partial charge on any atom is 0.355 e. The number of H-pyrrole nitrogens is 1. The van der Waals surface area contributed by atoms with E-state index in [1.54, 1.807) is 37.4 Å². The number of hydrogen-bond donors (Lipinski definition) is 1. The Hall–Kier alpha value is -2.56. The number of aromatic amines is 1. The fraction of sp³-hybridized carbons (Fsp3) is 0.143. The first-order valence-corrected chi connectivity index (χ1v) is 9.25. The Morgan fingerprint density at radius 1 is 1.11 bits per heavy atom. The van der Waals surface area contributed by atoms with Crippen molar-refractivity contribution in [3.8, 4) is 0 Å².